The minimum atomic E-state index is 0.181. The largest absolute Gasteiger partial charge is 0.494 e. The zero-order valence-electron chi connectivity index (χ0n) is 15.1. The van der Waals surface area contributed by atoms with Gasteiger partial charge < -0.3 is 14.8 Å². The molecule has 6 nitrogen and oxygen atoms in total. The molecule has 8 bridgehead atoms. The summed E-state index contributed by atoms with van der Waals surface area (Å²) in [5, 5.41) is 12.0. The van der Waals surface area contributed by atoms with Gasteiger partial charge in [0.05, 0.1) is 18.8 Å². The molecule has 0 saturated heterocycles. The molecule has 1 aromatic heterocycles. The second-order valence-corrected chi connectivity index (χ2v) is 7.03. The highest BCUT2D eigenvalue weighted by Gasteiger charge is 2.22. The summed E-state index contributed by atoms with van der Waals surface area (Å²) >= 11 is 0. The molecule has 3 aliphatic heterocycles. The van der Waals surface area contributed by atoms with Crippen molar-refractivity contribution in [2.75, 3.05) is 13.2 Å². The maximum Gasteiger partial charge on any atom is 0.134 e. The van der Waals surface area contributed by atoms with Gasteiger partial charge >= 0.3 is 0 Å². The number of ether oxygens (including phenoxy) is 2. The summed E-state index contributed by atoms with van der Waals surface area (Å²) in [5.74, 6) is 1.79. The molecular weight excluding hydrogens is 340 g/mol. The van der Waals surface area contributed by atoms with Crippen LogP contribution in [0.4, 0.5) is 0 Å². The zero-order chi connectivity index (χ0) is 18.1. The summed E-state index contributed by atoms with van der Waals surface area (Å²) in [4.78, 5) is 0. The molecule has 0 fully saturated rings. The van der Waals surface area contributed by atoms with Crippen molar-refractivity contribution >= 4 is 0 Å². The third-order valence-electron chi connectivity index (χ3n) is 5.13. The number of hydrogen-bond donors (Lipinski definition) is 1. The first-order valence-electron chi connectivity index (χ1n) is 9.46. The maximum absolute atomic E-state index is 5.98. The lowest BCUT2D eigenvalue weighted by atomic mass is 9.89. The summed E-state index contributed by atoms with van der Waals surface area (Å²) in [5.41, 5.74) is 4.70. The summed E-state index contributed by atoms with van der Waals surface area (Å²) < 4.78 is 13.8. The van der Waals surface area contributed by atoms with E-state index in [0.29, 0.717) is 13.2 Å². The molecule has 1 atom stereocenters. The van der Waals surface area contributed by atoms with Gasteiger partial charge in [0.15, 0.2) is 0 Å². The normalized spacial score (nSPS) is 19.0. The number of nitrogens with one attached hydrogen (secondary N) is 1. The number of rotatable bonds is 0. The van der Waals surface area contributed by atoms with E-state index in [9.17, 15) is 0 Å². The Morgan fingerprint density at radius 2 is 2.04 bits per heavy atom. The molecule has 6 heteroatoms. The van der Waals surface area contributed by atoms with Gasteiger partial charge in [-0.25, -0.2) is 0 Å². The van der Waals surface area contributed by atoms with Crippen LogP contribution in [0.3, 0.4) is 0 Å². The highest BCUT2D eigenvalue weighted by Crippen LogP contribution is 2.32. The first-order chi connectivity index (χ1) is 13.3. The molecule has 4 heterocycles. The van der Waals surface area contributed by atoms with Gasteiger partial charge in [-0.05, 0) is 47.4 Å². The molecule has 1 N–H and O–H groups in total. The van der Waals surface area contributed by atoms with Gasteiger partial charge in [0, 0.05) is 19.5 Å². The second-order valence-electron chi connectivity index (χ2n) is 7.03. The molecule has 1 unspecified atom stereocenters. The van der Waals surface area contributed by atoms with Crippen LogP contribution in [0.25, 0.3) is 0 Å². The topological polar surface area (TPSA) is 61.2 Å². The van der Waals surface area contributed by atoms with Crippen LogP contribution in [0.15, 0.2) is 48.7 Å². The minimum absolute atomic E-state index is 0.181. The molecule has 138 valence electrons. The average Bonchev–Trinajstić information content (AvgIpc) is 3.16. The van der Waals surface area contributed by atoms with Crippen LogP contribution < -0.4 is 14.8 Å². The molecule has 0 radical (unpaired) electrons. The van der Waals surface area contributed by atoms with E-state index in [1.807, 2.05) is 23.0 Å². The average molecular weight is 362 g/mol. The lowest BCUT2D eigenvalue weighted by Crippen LogP contribution is -2.30. The van der Waals surface area contributed by atoms with Gasteiger partial charge in [0.2, 0.25) is 0 Å². The highest BCUT2D eigenvalue weighted by molar-refractivity contribution is 5.45. The highest BCUT2D eigenvalue weighted by atomic mass is 16.5. The number of aryl methyl sites for hydroxylation is 1. The van der Waals surface area contributed by atoms with E-state index in [2.05, 4.69) is 46.0 Å². The lowest BCUT2D eigenvalue weighted by molar-refractivity contribution is 0.297. The first-order valence-corrected chi connectivity index (χ1v) is 9.46. The molecule has 3 aliphatic rings. The predicted octanol–water partition coefficient (Wildman–Crippen LogP) is 2.87. The SMILES string of the molecule is c1cc2cc(c1)C1NCCc3cc(ccc31)OCc1cn(nn1)CCCO2. The van der Waals surface area contributed by atoms with E-state index < -0.39 is 0 Å². The zero-order valence-corrected chi connectivity index (χ0v) is 15.1. The molecule has 27 heavy (non-hydrogen) atoms. The molecule has 0 aliphatic carbocycles. The van der Waals surface area contributed by atoms with Gasteiger partial charge in [-0.15, -0.1) is 5.10 Å². The van der Waals surface area contributed by atoms with Crippen LogP contribution in [0.1, 0.15) is 34.8 Å². The summed E-state index contributed by atoms with van der Waals surface area (Å²) in [6.45, 7) is 2.79. The fraction of sp³-hybridized carbons (Fsp3) is 0.333. The maximum atomic E-state index is 5.98. The molecule has 0 amide bonds. The van der Waals surface area contributed by atoms with Crippen molar-refractivity contribution < 1.29 is 9.47 Å². The van der Waals surface area contributed by atoms with E-state index in [4.69, 9.17) is 9.47 Å². The fourth-order valence-corrected chi connectivity index (χ4v) is 3.80. The summed E-state index contributed by atoms with van der Waals surface area (Å²) in [6, 6.07) is 14.9. The molecule has 6 rings (SSSR count). The van der Waals surface area contributed by atoms with Crippen molar-refractivity contribution in [2.24, 2.45) is 0 Å². The predicted molar refractivity (Wildman–Crippen MR) is 101 cm³/mol. The first kappa shape index (κ1) is 16.3. The van der Waals surface area contributed by atoms with Crippen LogP contribution in [0, 0.1) is 0 Å². The van der Waals surface area contributed by atoms with Crippen molar-refractivity contribution in [3.63, 3.8) is 0 Å². The lowest BCUT2D eigenvalue weighted by Gasteiger charge is -2.28. The second kappa shape index (κ2) is 7.04. The van der Waals surface area contributed by atoms with Crippen LogP contribution in [-0.2, 0) is 19.6 Å². The quantitative estimate of drug-likeness (QED) is 0.666. The van der Waals surface area contributed by atoms with Crippen molar-refractivity contribution in [1.29, 1.82) is 0 Å². The van der Waals surface area contributed by atoms with Crippen molar-refractivity contribution in [1.82, 2.24) is 20.3 Å². The van der Waals surface area contributed by atoms with E-state index in [0.717, 1.165) is 43.1 Å². The Morgan fingerprint density at radius 1 is 1.07 bits per heavy atom. The smallest absolute Gasteiger partial charge is 0.134 e. The van der Waals surface area contributed by atoms with E-state index >= 15 is 0 Å². The Bertz CT molecular complexity index is 953. The van der Waals surface area contributed by atoms with Gasteiger partial charge in [-0.1, -0.05) is 23.4 Å². The van der Waals surface area contributed by atoms with E-state index in [1.54, 1.807) is 0 Å². The monoisotopic (exact) mass is 362 g/mol. The van der Waals surface area contributed by atoms with Crippen molar-refractivity contribution in [3.05, 3.63) is 71.0 Å². The molecule has 3 aromatic rings. The van der Waals surface area contributed by atoms with Crippen LogP contribution in [-0.4, -0.2) is 28.1 Å². The minimum Gasteiger partial charge on any atom is -0.494 e. The number of aromatic nitrogens is 3. The molecule has 0 spiro atoms. The Morgan fingerprint density at radius 3 is 3.04 bits per heavy atom. The van der Waals surface area contributed by atoms with Crippen molar-refractivity contribution in [3.8, 4) is 11.5 Å². The van der Waals surface area contributed by atoms with Gasteiger partial charge in [0.25, 0.3) is 0 Å². The molecule has 0 saturated carbocycles. The molecular formula is C21H22N4O2. The van der Waals surface area contributed by atoms with Crippen molar-refractivity contribution in [2.45, 2.75) is 32.0 Å². The van der Waals surface area contributed by atoms with Gasteiger partial charge in [0.1, 0.15) is 23.8 Å². The number of nitrogens with zero attached hydrogens (tertiary/aromatic N) is 3. The van der Waals surface area contributed by atoms with E-state index in [-0.39, 0.29) is 6.04 Å². The Kier molecular flexibility index (Phi) is 4.26. The number of benzene rings is 2. The van der Waals surface area contributed by atoms with E-state index in [1.165, 1.54) is 16.7 Å². The number of fused-ring (bicyclic) bond motifs is 5. The van der Waals surface area contributed by atoms with Crippen LogP contribution in [0.5, 0.6) is 11.5 Å². The standard InChI is InChI=1S/C21H22N4O2/c1-3-16-12-18(4-1)26-10-2-9-25-13-17(23-24-25)14-27-19-5-6-20-15(11-19)7-8-22-21(16)20/h1,3-6,11-13,21-22H,2,7-10,14H2. The molecule has 2 aromatic carbocycles. The van der Waals surface area contributed by atoms with Crippen LogP contribution in [0.2, 0.25) is 0 Å². The van der Waals surface area contributed by atoms with Gasteiger partial charge in [-0.3, -0.25) is 4.68 Å². The van der Waals surface area contributed by atoms with Gasteiger partial charge in [-0.2, -0.15) is 0 Å². The third kappa shape index (κ3) is 3.40. The Labute approximate surface area is 158 Å². The summed E-state index contributed by atoms with van der Waals surface area (Å²) in [7, 11) is 0. The third-order valence-corrected chi connectivity index (χ3v) is 5.13. The fourth-order valence-electron chi connectivity index (χ4n) is 3.80. The van der Waals surface area contributed by atoms with Crippen LogP contribution >= 0.6 is 0 Å². The summed E-state index contributed by atoms with van der Waals surface area (Å²) in [6.07, 6.45) is 3.81. The Balaban J connectivity index is 1.52. The Hall–Kier alpha value is -2.86. The number of hydrogen-bond acceptors (Lipinski definition) is 5.